The van der Waals surface area contributed by atoms with Crippen LogP contribution in [-0.2, 0) is 0 Å². The second kappa shape index (κ2) is 5.56. The van der Waals surface area contributed by atoms with Crippen LogP contribution in [0.3, 0.4) is 0 Å². The molecule has 0 heterocycles. The van der Waals surface area contributed by atoms with Crippen molar-refractivity contribution in [3.05, 3.63) is 53.1 Å². The molecule has 0 radical (unpaired) electrons. The van der Waals surface area contributed by atoms with Gasteiger partial charge in [0.25, 0.3) is 0 Å². The predicted molar refractivity (Wildman–Crippen MR) is 61.2 cm³/mol. The Morgan fingerprint density at radius 2 is 1.87 bits per heavy atom. The molecule has 80 valence electrons. The van der Waals surface area contributed by atoms with Gasteiger partial charge in [-0.25, -0.2) is 0 Å². The van der Waals surface area contributed by atoms with Gasteiger partial charge in [-0.1, -0.05) is 39.3 Å². The van der Waals surface area contributed by atoms with Crippen molar-refractivity contribution >= 4 is 18.2 Å². The van der Waals surface area contributed by atoms with Gasteiger partial charge in [0.2, 0.25) is 0 Å². The van der Waals surface area contributed by atoms with Crippen molar-refractivity contribution in [3.8, 4) is 0 Å². The van der Waals surface area contributed by atoms with Crippen molar-refractivity contribution in [2.24, 2.45) is 0 Å². The van der Waals surface area contributed by atoms with Crippen molar-refractivity contribution in [2.45, 2.75) is 6.92 Å². The number of halogens is 2. The summed E-state index contributed by atoms with van der Waals surface area (Å²) in [4.78, 5) is 0.673. The van der Waals surface area contributed by atoms with E-state index in [-0.39, 0.29) is 0 Å². The number of benzene rings is 1. The largest absolute Gasteiger partial charge is 0.148 e. The molecule has 15 heavy (non-hydrogen) atoms. The minimum atomic E-state index is -0.963. The van der Waals surface area contributed by atoms with Crippen molar-refractivity contribution < 1.29 is 8.96 Å². The fourth-order valence-electron chi connectivity index (χ4n) is 1.16. The molecule has 0 unspecified atom stereocenters. The minimum absolute atomic E-state index is 0.424. The van der Waals surface area contributed by atoms with Crippen LogP contribution in [0.1, 0.15) is 12.5 Å². The molecule has 0 N–H and O–H groups in total. The minimum Gasteiger partial charge on any atom is -0.148 e. The highest BCUT2D eigenvalue weighted by molar-refractivity contribution is 7.84. The zero-order chi connectivity index (χ0) is 11.3. The van der Waals surface area contributed by atoms with Crippen LogP contribution in [0, 0.1) is 0 Å². The van der Waals surface area contributed by atoms with Crippen molar-refractivity contribution in [2.75, 3.05) is 0 Å². The van der Waals surface area contributed by atoms with E-state index in [0.29, 0.717) is 10.5 Å². The summed E-state index contributed by atoms with van der Waals surface area (Å²) < 4.78 is 24.2. The van der Waals surface area contributed by atoms with Gasteiger partial charge < -0.3 is 0 Å². The van der Waals surface area contributed by atoms with Crippen LogP contribution in [-0.4, -0.2) is 5.34 Å². The van der Waals surface area contributed by atoms with E-state index >= 15 is 0 Å². The van der Waals surface area contributed by atoms with Crippen LogP contribution in [0.5, 0.6) is 0 Å². The lowest BCUT2D eigenvalue weighted by molar-refractivity contribution is -0.101. The monoisotopic (exact) mass is 227 g/mol. The van der Waals surface area contributed by atoms with E-state index in [1.165, 1.54) is 0 Å². The van der Waals surface area contributed by atoms with Crippen molar-refractivity contribution in [3.63, 3.8) is 0 Å². The fourth-order valence-corrected chi connectivity index (χ4v) is 1.30. The third kappa shape index (κ3) is 4.16. The second-order valence-electron chi connectivity index (χ2n) is 3.00. The summed E-state index contributed by atoms with van der Waals surface area (Å²) in [5, 5.41) is -0.963. The Labute approximate surface area is 93.0 Å². The average molecular weight is 227 g/mol. The van der Waals surface area contributed by atoms with E-state index < -0.39 is 5.34 Å². The Hall–Kier alpha value is -1.29. The van der Waals surface area contributed by atoms with Gasteiger partial charge in [-0.2, -0.15) is 0 Å². The van der Waals surface area contributed by atoms with Crippen LogP contribution < -0.4 is 0 Å². The molecule has 1 aromatic rings. The van der Waals surface area contributed by atoms with Crippen LogP contribution in [0.25, 0.3) is 5.57 Å². The zero-order valence-corrected chi connectivity index (χ0v) is 9.09. The molecule has 0 aliphatic heterocycles. The van der Waals surface area contributed by atoms with Gasteiger partial charge in [0.05, 0.1) is 6.20 Å². The number of allylic oxidation sites excluding steroid dienone is 3. The van der Waals surface area contributed by atoms with E-state index in [1.807, 2.05) is 6.07 Å². The first-order valence-corrected chi connectivity index (χ1v) is 4.79. The smallest absolute Gasteiger partial charge is 0.0769 e. The summed E-state index contributed by atoms with van der Waals surface area (Å²) >= 11 is 4.07. The van der Waals surface area contributed by atoms with E-state index in [9.17, 15) is 8.96 Å². The SMILES string of the molecule is C/C(S)=C/C(=C/N(F)F)c1ccccc1. The summed E-state index contributed by atoms with van der Waals surface area (Å²) in [5.41, 5.74) is 1.15. The maximum Gasteiger partial charge on any atom is 0.0769 e. The Kier molecular flexibility index (Phi) is 4.37. The first-order chi connectivity index (χ1) is 7.09. The molecule has 0 spiro atoms. The zero-order valence-electron chi connectivity index (χ0n) is 8.19. The Morgan fingerprint density at radius 1 is 1.27 bits per heavy atom. The third-order valence-electron chi connectivity index (χ3n) is 1.71. The van der Waals surface area contributed by atoms with Crippen LogP contribution in [0.4, 0.5) is 8.96 Å². The molecule has 1 aromatic carbocycles. The fraction of sp³-hybridized carbons (Fsp3) is 0.0909. The molecule has 0 saturated carbocycles. The van der Waals surface area contributed by atoms with Crippen LogP contribution in [0.15, 0.2) is 47.5 Å². The van der Waals surface area contributed by atoms with Gasteiger partial charge >= 0.3 is 0 Å². The summed E-state index contributed by atoms with van der Waals surface area (Å²) in [6.45, 7) is 1.74. The molecule has 0 aliphatic carbocycles. The predicted octanol–water partition coefficient (Wildman–Crippen LogP) is 3.93. The number of rotatable bonds is 3. The molecule has 1 rings (SSSR count). The van der Waals surface area contributed by atoms with Crippen molar-refractivity contribution in [1.82, 2.24) is 5.34 Å². The van der Waals surface area contributed by atoms with Gasteiger partial charge in [-0.15, -0.1) is 12.6 Å². The van der Waals surface area contributed by atoms with Crippen molar-refractivity contribution in [1.29, 1.82) is 0 Å². The third-order valence-corrected chi connectivity index (χ3v) is 1.84. The molecule has 0 atom stereocenters. The molecule has 0 aromatic heterocycles. The maximum atomic E-state index is 12.1. The molecule has 0 bridgehead atoms. The average Bonchev–Trinajstić information content (AvgIpc) is 2.17. The number of hydrogen-bond acceptors (Lipinski definition) is 2. The Morgan fingerprint density at radius 3 is 2.33 bits per heavy atom. The van der Waals surface area contributed by atoms with E-state index in [2.05, 4.69) is 12.6 Å². The molecular formula is C11H11F2NS. The molecule has 0 aliphatic rings. The standard InChI is InChI=1S/C11H11F2NS/c1-9(15)7-11(8-14(12)13)10-5-3-2-4-6-10/h2-8,15H,1H3/b9-7-,11-8-. The summed E-state index contributed by atoms with van der Waals surface area (Å²) in [6.07, 6.45) is 2.35. The highest BCUT2D eigenvalue weighted by Gasteiger charge is 2.01. The van der Waals surface area contributed by atoms with Gasteiger partial charge in [-0.3, -0.25) is 0 Å². The topological polar surface area (TPSA) is 3.24 Å². The number of nitrogens with zero attached hydrogens (tertiary/aromatic N) is 1. The quantitative estimate of drug-likeness (QED) is 0.465. The highest BCUT2D eigenvalue weighted by atomic mass is 32.1. The molecule has 0 saturated heterocycles. The lowest BCUT2D eigenvalue weighted by atomic mass is 10.1. The first kappa shape index (κ1) is 11.8. The molecule has 1 nitrogen and oxygen atoms in total. The lowest BCUT2D eigenvalue weighted by Crippen LogP contribution is -1.90. The Balaban J connectivity index is 3.08. The molecule has 0 fully saturated rings. The summed E-state index contributed by atoms with van der Waals surface area (Å²) in [6, 6.07) is 8.96. The summed E-state index contributed by atoms with van der Waals surface area (Å²) in [5.74, 6) is 0. The van der Waals surface area contributed by atoms with Gasteiger partial charge in [0, 0.05) is 5.57 Å². The molecule has 0 amide bonds. The van der Waals surface area contributed by atoms with Gasteiger partial charge in [-0.05, 0) is 28.8 Å². The Bertz CT molecular complexity index is 367. The van der Waals surface area contributed by atoms with Gasteiger partial charge in [0.1, 0.15) is 0 Å². The van der Waals surface area contributed by atoms with E-state index in [1.54, 1.807) is 37.3 Å². The maximum absolute atomic E-state index is 12.1. The number of hydrogen-bond donors (Lipinski definition) is 1. The van der Waals surface area contributed by atoms with Gasteiger partial charge in [0.15, 0.2) is 0 Å². The highest BCUT2D eigenvalue weighted by Crippen LogP contribution is 2.19. The second-order valence-corrected chi connectivity index (χ2v) is 3.70. The normalized spacial score (nSPS) is 12.8. The van der Waals surface area contributed by atoms with Crippen LogP contribution in [0.2, 0.25) is 0 Å². The summed E-state index contributed by atoms with van der Waals surface area (Å²) in [7, 11) is 0. The van der Waals surface area contributed by atoms with E-state index in [0.717, 1.165) is 11.8 Å². The van der Waals surface area contributed by atoms with E-state index in [4.69, 9.17) is 0 Å². The first-order valence-electron chi connectivity index (χ1n) is 4.35. The molecular weight excluding hydrogens is 216 g/mol. The molecule has 4 heteroatoms. The lowest BCUT2D eigenvalue weighted by Gasteiger charge is -2.03. The number of thiol groups is 1. The van der Waals surface area contributed by atoms with Crippen LogP contribution >= 0.6 is 12.6 Å².